The van der Waals surface area contributed by atoms with Gasteiger partial charge in [-0.3, -0.25) is 4.79 Å². The lowest BCUT2D eigenvalue weighted by molar-refractivity contribution is -0.119. The molecule has 0 radical (unpaired) electrons. The third-order valence-electron chi connectivity index (χ3n) is 3.73. The van der Waals surface area contributed by atoms with Gasteiger partial charge in [-0.05, 0) is 49.8 Å². The largest absolute Gasteiger partial charge is 0.309 e. The van der Waals surface area contributed by atoms with Crippen LogP contribution < -0.4 is 4.90 Å². The highest BCUT2D eigenvalue weighted by Crippen LogP contribution is 2.34. The number of hydrogen-bond donors (Lipinski definition) is 0. The van der Waals surface area contributed by atoms with E-state index in [2.05, 4.69) is 39.0 Å². The number of benzene rings is 1. The number of fused-ring (bicyclic) bond motifs is 1. The van der Waals surface area contributed by atoms with E-state index < -0.39 is 0 Å². The van der Waals surface area contributed by atoms with Crippen LogP contribution in [0, 0.1) is 5.92 Å². The zero-order chi connectivity index (χ0) is 14.9. The third kappa shape index (κ3) is 3.35. The van der Waals surface area contributed by atoms with Crippen molar-refractivity contribution in [2.75, 3.05) is 4.90 Å². The minimum atomic E-state index is 0.144. The summed E-state index contributed by atoms with van der Waals surface area (Å²) in [7, 11) is 0. The van der Waals surface area contributed by atoms with E-state index >= 15 is 0 Å². The van der Waals surface area contributed by atoms with E-state index in [-0.39, 0.29) is 17.3 Å². The molecule has 0 bridgehead atoms. The van der Waals surface area contributed by atoms with Crippen molar-refractivity contribution in [1.29, 1.82) is 0 Å². The first-order valence-electron chi connectivity index (χ1n) is 7.46. The predicted octanol–water partition coefficient (Wildman–Crippen LogP) is 4.18. The molecule has 2 atom stereocenters. The Labute approximate surface area is 127 Å². The summed E-state index contributed by atoms with van der Waals surface area (Å²) in [5.74, 6) is 0.639. The minimum absolute atomic E-state index is 0.144. The smallest absolute Gasteiger partial charge is 0.227 e. The maximum Gasteiger partial charge on any atom is 0.227 e. The van der Waals surface area contributed by atoms with Crippen LogP contribution in [-0.2, 0) is 17.6 Å². The van der Waals surface area contributed by atoms with Crippen LogP contribution >= 0.6 is 11.6 Å². The molecule has 0 aliphatic carbocycles. The Kier molecular flexibility index (Phi) is 4.74. The van der Waals surface area contributed by atoms with Crippen LogP contribution in [0.25, 0.3) is 0 Å². The molecule has 1 aliphatic rings. The molecule has 0 saturated carbocycles. The van der Waals surface area contributed by atoms with Crippen molar-refractivity contribution < 1.29 is 4.79 Å². The van der Waals surface area contributed by atoms with Gasteiger partial charge < -0.3 is 4.90 Å². The summed E-state index contributed by atoms with van der Waals surface area (Å²) >= 11 is 6.06. The Morgan fingerprint density at radius 3 is 2.70 bits per heavy atom. The molecule has 0 N–H and O–H groups in total. The van der Waals surface area contributed by atoms with Crippen LogP contribution in [0.1, 0.15) is 45.2 Å². The van der Waals surface area contributed by atoms with E-state index in [4.69, 9.17) is 11.6 Å². The van der Waals surface area contributed by atoms with Crippen LogP contribution in [0.15, 0.2) is 18.2 Å². The molecular weight excluding hydrogens is 270 g/mol. The van der Waals surface area contributed by atoms with E-state index in [9.17, 15) is 4.79 Å². The van der Waals surface area contributed by atoms with E-state index in [1.165, 1.54) is 11.1 Å². The molecule has 1 aliphatic heterocycles. The fourth-order valence-corrected chi connectivity index (χ4v) is 3.14. The highest BCUT2D eigenvalue weighted by molar-refractivity contribution is 6.20. The molecule has 1 amide bonds. The lowest BCUT2D eigenvalue weighted by Gasteiger charge is -2.23. The molecule has 110 valence electrons. The van der Waals surface area contributed by atoms with Gasteiger partial charge in [0.1, 0.15) is 0 Å². The number of halogens is 1. The Morgan fingerprint density at radius 2 is 2.10 bits per heavy atom. The fraction of sp³-hybridized carbons (Fsp3) is 0.588. The molecular formula is C17H24ClNO. The van der Waals surface area contributed by atoms with Crippen molar-refractivity contribution in [2.24, 2.45) is 5.92 Å². The quantitative estimate of drug-likeness (QED) is 0.763. The summed E-state index contributed by atoms with van der Waals surface area (Å²) in [6.45, 7) is 8.31. The van der Waals surface area contributed by atoms with Crippen molar-refractivity contribution in [3.05, 3.63) is 29.3 Å². The van der Waals surface area contributed by atoms with Gasteiger partial charge in [-0.2, -0.15) is 0 Å². The first kappa shape index (κ1) is 15.4. The van der Waals surface area contributed by atoms with Crippen molar-refractivity contribution >= 4 is 23.2 Å². The number of anilines is 1. The summed E-state index contributed by atoms with van der Waals surface area (Å²) < 4.78 is 0. The van der Waals surface area contributed by atoms with Crippen LogP contribution in [0.4, 0.5) is 5.69 Å². The lowest BCUT2D eigenvalue weighted by Crippen LogP contribution is -2.36. The highest BCUT2D eigenvalue weighted by atomic mass is 35.5. The molecule has 0 spiro atoms. The summed E-state index contributed by atoms with van der Waals surface area (Å²) in [5, 5.41) is 0.144. The molecule has 2 rings (SSSR count). The van der Waals surface area contributed by atoms with Gasteiger partial charge >= 0.3 is 0 Å². The first-order chi connectivity index (χ1) is 9.38. The Balaban J connectivity index is 2.23. The van der Waals surface area contributed by atoms with Gasteiger partial charge in [-0.25, -0.2) is 0 Å². The van der Waals surface area contributed by atoms with E-state index in [1.54, 1.807) is 0 Å². The second kappa shape index (κ2) is 6.17. The second-order valence-corrected chi connectivity index (χ2v) is 7.11. The van der Waals surface area contributed by atoms with Gasteiger partial charge in [0.15, 0.2) is 0 Å². The van der Waals surface area contributed by atoms with E-state index in [0.717, 1.165) is 18.5 Å². The first-order valence-corrected chi connectivity index (χ1v) is 7.90. The van der Waals surface area contributed by atoms with Gasteiger partial charge in [0.25, 0.3) is 0 Å². The molecule has 1 heterocycles. The third-order valence-corrected chi connectivity index (χ3v) is 3.88. The average molecular weight is 294 g/mol. The minimum Gasteiger partial charge on any atom is -0.309 e. The van der Waals surface area contributed by atoms with Crippen molar-refractivity contribution in [1.82, 2.24) is 0 Å². The molecule has 0 fully saturated rings. The molecule has 20 heavy (non-hydrogen) atoms. The number of amides is 1. The monoisotopic (exact) mass is 293 g/mol. The number of carbonyl (C=O) groups is 1. The van der Waals surface area contributed by atoms with Crippen LogP contribution in [-0.4, -0.2) is 17.3 Å². The standard InChI is InChI=1S/C17H24ClNO/c1-11(2)7-17(20)19-13(4)9-15-10-14(8-12(3)18)5-6-16(15)19/h5-6,10-13H,7-9H2,1-4H3. The summed E-state index contributed by atoms with van der Waals surface area (Å²) in [6, 6.07) is 6.67. The zero-order valence-corrected chi connectivity index (χ0v) is 13.6. The highest BCUT2D eigenvalue weighted by Gasteiger charge is 2.30. The Bertz CT molecular complexity index is 496. The second-order valence-electron chi connectivity index (χ2n) is 6.36. The van der Waals surface area contributed by atoms with Crippen LogP contribution in [0.5, 0.6) is 0 Å². The normalized spacial score (nSPS) is 19.3. The van der Waals surface area contributed by atoms with E-state index in [1.807, 2.05) is 11.8 Å². The summed E-state index contributed by atoms with van der Waals surface area (Å²) in [6.07, 6.45) is 2.44. The van der Waals surface area contributed by atoms with Crippen molar-refractivity contribution in [3.8, 4) is 0 Å². The SMILES string of the molecule is CC(C)CC(=O)N1c2ccc(CC(C)Cl)cc2CC1C. The van der Waals surface area contributed by atoms with Crippen LogP contribution in [0.3, 0.4) is 0 Å². The fourth-order valence-electron chi connectivity index (χ4n) is 2.96. The van der Waals surface area contributed by atoms with Gasteiger partial charge in [-0.1, -0.05) is 26.0 Å². The van der Waals surface area contributed by atoms with Crippen molar-refractivity contribution in [2.45, 2.75) is 58.4 Å². The summed E-state index contributed by atoms with van der Waals surface area (Å²) in [4.78, 5) is 14.4. The number of rotatable bonds is 4. The Hall–Kier alpha value is -1.02. The predicted molar refractivity (Wildman–Crippen MR) is 85.6 cm³/mol. The molecule has 3 heteroatoms. The maximum atomic E-state index is 12.4. The number of nitrogens with zero attached hydrogens (tertiary/aromatic N) is 1. The number of carbonyl (C=O) groups excluding carboxylic acids is 1. The molecule has 1 aromatic rings. The van der Waals surface area contributed by atoms with Gasteiger partial charge in [0.05, 0.1) is 0 Å². The van der Waals surface area contributed by atoms with Crippen molar-refractivity contribution in [3.63, 3.8) is 0 Å². The molecule has 0 saturated heterocycles. The lowest BCUT2D eigenvalue weighted by atomic mass is 10.0. The van der Waals surface area contributed by atoms with Gasteiger partial charge in [-0.15, -0.1) is 11.6 Å². The van der Waals surface area contributed by atoms with Gasteiger partial charge in [0.2, 0.25) is 5.91 Å². The maximum absolute atomic E-state index is 12.4. The molecule has 2 unspecified atom stereocenters. The molecule has 0 aromatic heterocycles. The summed E-state index contributed by atoms with van der Waals surface area (Å²) in [5.41, 5.74) is 3.63. The average Bonchev–Trinajstić information content (AvgIpc) is 2.62. The van der Waals surface area contributed by atoms with E-state index in [0.29, 0.717) is 12.3 Å². The van der Waals surface area contributed by atoms with Crippen LogP contribution in [0.2, 0.25) is 0 Å². The molecule has 2 nitrogen and oxygen atoms in total. The zero-order valence-electron chi connectivity index (χ0n) is 12.8. The number of hydrogen-bond acceptors (Lipinski definition) is 1. The topological polar surface area (TPSA) is 20.3 Å². The Morgan fingerprint density at radius 1 is 1.40 bits per heavy atom. The molecule has 1 aromatic carbocycles. The van der Waals surface area contributed by atoms with Gasteiger partial charge in [0, 0.05) is 23.5 Å². The number of alkyl halides is 1.